The molecule has 0 atom stereocenters. The van der Waals surface area contributed by atoms with Crippen LogP contribution in [0.1, 0.15) is 36.9 Å². The molecule has 0 aliphatic heterocycles. The third kappa shape index (κ3) is 2.80. The van der Waals surface area contributed by atoms with Gasteiger partial charge in [-0.25, -0.2) is 9.97 Å². The van der Waals surface area contributed by atoms with Crippen molar-refractivity contribution in [1.29, 1.82) is 0 Å². The average molecular weight is 350 g/mol. The Morgan fingerprint density at radius 2 is 2.00 bits per heavy atom. The summed E-state index contributed by atoms with van der Waals surface area (Å²) >= 11 is 0. The fraction of sp³-hybridized carbons (Fsp3) is 0.412. The molecule has 2 N–H and O–H groups in total. The molecule has 1 aliphatic rings. The van der Waals surface area contributed by atoms with Crippen LogP contribution in [0, 0.1) is 0 Å². The van der Waals surface area contributed by atoms with Gasteiger partial charge >= 0.3 is 6.18 Å². The van der Waals surface area contributed by atoms with E-state index >= 15 is 0 Å². The van der Waals surface area contributed by atoms with Crippen LogP contribution >= 0.6 is 0 Å². The maximum Gasteiger partial charge on any atom is 0.416 e. The van der Waals surface area contributed by atoms with E-state index in [0.29, 0.717) is 22.7 Å². The van der Waals surface area contributed by atoms with Crippen molar-refractivity contribution in [2.45, 2.75) is 44.5 Å². The first-order valence-electron chi connectivity index (χ1n) is 8.22. The number of aliphatic hydroxyl groups is 1. The summed E-state index contributed by atoms with van der Waals surface area (Å²) < 4.78 is 40.8. The molecule has 2 aromatic heterocycles. The molecule has 0 amide bonds. The molecule has 25 heavy (non-hydrogen) atoms. The predicted octanol–water partition coefficient (Wildman–Crippen LogP) is 3.75. The SMILES string of the molecule is OCc1cnc2c(NC3CCCC3)nc3cc(C(F)(F)F)ccc3n12. The third-order valence-corrected chi connectivity index (χ3v) is 4.68. The monoisotopic (exact) mass is 350 g/mol. The zero-order chi connectivity index (χ0) is 17.6. The molecule has 132 valence electrons. The Labute approximate surface area is 141 Å². The van der Waals surface area contributed by atoms with Crippen molar-refractivity contribution in [3.8, 4) is 0 Å². The van der Waals surface area contributed by atoms with E-state index in [4.69, 9.17) is 0 Å². The molecule has 2 heterocycles. The van der Waals surface area contributed by atoms with Crippen molar-refractivity contribution in [1.82, 2.24) is 14.4 Å². The highest BCUT2D eigenvalue weighted by atomic mass is 19.4. The molecule has 8 heteroatoms. The van der Waals surface area contributed by atoms with E-state index in [-0.39, 0.29) is 18.2 Å². The Bertz CT molecular complexity index is 929. The standard InChI is InChI=1S/C17H17F3N4O/c18-17(19,20)10-5-6-14-13(7-10)23-15(22-11-3-1-2-4-11)16-21-8-12(9-25)24(14)16/h5-8,11,25H,1-4,9H2,(H,22,23). The number of aromatic nitrogens is 3. The Morgan fingerprint density at radius 3 is 2.68 bits per heavy atom. The molecule has 1 saturated carbocycles. The number of aliphatic hydroxyl groups excluding tert-OH is 1. The molecule has 1 aliphatic carbocycles. The highest BCUT2D eigenvalue weighted by Crippen LogP contribution is 2.33. The number of alkyl halides is 3. The molecule has 1 aromatic carbocycles. The van der Waals surface area contributed by atoms with Crippen LogP contribution in [0.15, 0.2) is 24.4 Å². The number of anilines is 1. The van der Waals surface area contributed by atoms with Crippen molar-refractivity contribution in [3.63, 3.8) is 0 Å². The Morgan fingerprint density at radius 1 is 1.24 bits per heavy atom. The number of fused-ring (bicyclic) bond motifs is 3. The Balaban J connectivity index is 1.93. The van der Waals surface area contributed by atoms with Crippen LogP contribution < -0.4 is 5.32 Å². The lowest BCUT2D eigenvalue weighted by Crippen LogP contribution is -2.17. The topological polar surface area (TPSA) is 62.5 Å². The van der Waals surface area contributed by atoms with Crippen LogP contribution in [0.5, 0.6) is 0 Å². The summed E-state index contributed by atoms with van der Waals surface area (Å²) in [6, 6.07) is 3.68. The summed E-state index contributed by atoms with van der Waals surface area (Å²) in [7, 11) is 0. The first-order valence-corrected chi connectivity index (χ1v) is 8.22. The van der Waals surface area contributed by atoms with E-state index in [9.17, 15) is 18.3 Å². The normalized spacial score (nSPS) is 16.2. The van der Waals surface area contributed by atoms with Crippen molar-refractivity contribution < 1.29 is 18.3 Å². The number of nitrogens with zero attached hydrogens (tertiary/aromatic N) is 3. The van der Waals surface area contributed by atoms with Crippen LogP contribution in [0.25, 0.3) is 16.7 Å². The minimum absolute atomic E-state index is 0.218. The van der Waals surface area contributed by atoms with Crippen LogP contribution in [0.2, 0.25) is 0 Å². The molecule has 5 nitrogen and oxygen atoms in total. The summed E-state index contributed by atoms with van der Waals surface area (Å²) in [6.07, 6.45) is 1.34. The van der Waals surface area contributed by atoms with Crippen LogP contribution in [0.4, 0.5) is 19.0 Å². The lowest BCUT2D eigenvalue weighted by atomic mass is 10.2. The minimum Gasteiger partial charge on any atom is -0.390 e. The lowest BCUT2D eigenvalue weighted by Gasteiger charge is -2.16. The molecule has 0 spiro atoms. The quantitative estimate of drug-likeness (QED) is 0.755. The molecule has 0 radical (unpaired) electrons. The van der Waals surface area contributed by atoms with Gasteiger partial charge in [0.2, 0.25) is 0 Å². The van der Waals surface area contributed by atoms with E-state index in [1.54, 1.807) is 4.40 Å². The van der Waals surface area contributed by atoms with E-state index < -0.39 is 11.7 Å². The van der Waals surface area contributed by atoms with Gasteiger partial charge in [-0.1, -0.05) is 12.8 Å². The van der Waals surface area contributed by atoms with E-state index in [0.717, 1.165) is 37.8 Å². The van der Waals surface area contributed by atoms with E-state index in [1.165, 1.54) is 12.3 Å². The number of benzene rings is 1. The number of hydrogen-bond acceptors (Lipinski definition) is 4. The second kappa shape index (κ2) is 5.87. The largest absolute Gasteiger partial charge is 0.416 e. The highest BCUT2D eigenvalue weighted by Gasteiger charge is 2.31. The summed E-state index contributed by atoms with van der Waals surface area (Å²) in [5.74, 6) is 0.457. The van der Waals surface area contributed by atoms with Crippen molar-refractivity contribution >= 4 is 22.5 Å². The maximum absolute atomic E-state index is 13.0. The van der Waals surface area contributed by atoms with Gasteiger partial charge in [0.1, 0.15) is 0 Å². The number of halogens is 3. The second-order valence-electron chi connectivity index (χ2n) is 6.35. The molecule has 0 bridgehead atoms. The van der Waals surface area contributed by atoms with Gasteiger partial charge in [-0.3, -0.25) is 4.40 Å². The average Bonchev–Trinajstić information content (AvgIpc) is 3.22. The summed E-state index contributed by atoms with van der Waals surface area (Å²) in [6.45, 7) is -0.260. The number of rotatable bonds is 3. The van der Waals surface area contributed by atoms with Gasteiger partial charge in [0, 0.05) is 6.04 Å². The summed E-state index contributed by atoms with van der Waals surface area (Å²) in [5.41, 5.74) is 0.987. The molecular formula is C17H17F3N4O. The molecule has 0 unspecified atom stereocenters. The third-order valence-electron chi connectivity index (χ3n) is 4.68. The van der Waals surface area contributed by atoms with E-state index in [1.807, 2.05) is 0 Å². The van der Waals surface area contributed by atoms with Gasteiger partial charge in [-0.15, -0.1) is 0 Å². The molecule has 0 saturated heterocycles. The van der Waals surface area contributed by atoms with Gasteiger partial charge in [0.25, 0.3) is 0 Å². The van der Waals surface area contributed by atoms with Crippen molar-refractivity contribution in [2.75, 3.05) is 5.32 Å². The molecular weight excluding hydrogens is 333 g/mol. The first-order chi connectivity index (χ1) is 12.0. The van der Waals surface area contributed by atoms with Crippen LogP contribution in [-0.4, -0.2) is 25.5 Å². The van der Waals surface area contributed by atoms with Crippen molar-refractivity contribution in [3.05, 3.63) is 35.7 Å². The first kappa shape index (κ1) is 16.1. The number of hydrogen-bond donors (Lipinski definition) is 2. The highest BCUT2D eigenvalue weighted by molar-refractivity contribution is 5.84. The van der Waals surface area contributed by atoms with Crippen LogP contribution in [-0.2, 0) is 12.8 Å². The lowest BCUT2D eigenvalue weighted by molar-refractivity contribution is -0.137. The predicted molar refractivity (Wildman–Crippen MR) is 87.3 cm³/mol. The Hall–Kier alpha value is -2.35. The molecule has 1 fully saturated rings. The second-order valence-corrected chi connectivity index (χ2v) is 6.35. The van der Waals surface area contributed by atoms with Crippen LogP contribution in [0.3, 0.4) is 0 Å². The fourth-order valence-electron chi connectivity index (χ4n) is 3.44. The fourth-order valence-corrected chi connectivity index (χ4v) is 3.44. The zero-order valence-electron chi connectivity index (χ0n) is 13.3. The molecule has 3 aromatic rings. The van der Waals surface area contributed by atoms with Gasteiger partial charge in [-0.2, -0.15) is 13.2 Å². The van der Waals surface area contributed by atoms with Gasteiger partial charge < -0.3 is 10.4 Å². The Kier molecular flexibility index (Phi) is 3.79. The zero-order valence-corrected chi connectivity index (χ0v) is 13.3. The van der Waals surface area contributed by atoms with Gasteiger partial charge in [0.15, 0.2) is 11.5 Å². The van der Waals surface area contributed by atoms with Gasteiger partial charge in [-0.05, 0) is 31.0 Å². The van der Waals surface area contributed by atoms with E-state index in [2.05, 4.69) is 15.3 Å². The smallest absolute Gasteiger partial charge is 0.390 e. The maximum atomic E-state index is 13.0. The summed E-state index contributed by atoms with van der Waals surface area (Å²) in [4.78, 5) is 8.72. The number of nitrogens with one attached hydrogen (secondary N) is 1. The minimum atomic E-state index is -4.43. The van der Waals surface area contributed by atoms with Gasteiger partial charge in [0.05, 0.1) is 35.1 Å². The van der Waals surface area contributed by atoms with Crippen molar-refractivity contribution in [2.24, 2.45) is 0 Å². The summed E-state index contributed by atoms with van der Waals surface area (Å²) in [5, 5.41) is 12.9. The number of imidazole rings is 1. The molecule has 4 rings (SSSR count).